The molecule has 1 aliphatic heterocycles. The lowest BCUT2D eigenvalue weighted by atomic mass is 10.1. The van der Waals surface area contributed by atoms with Gasteiger partial charge in [-0.3, -0.25) is 4.79 Å². The Hall–Kier alpha value is -1.84. The quantitative estimate of drug-likeness (QED) is 0.838. The van der Waals surface area contributed by atoms with Gasteiger partial charge in [0, 0.05) is 13.1 Å². The van der Waals surface area contributed by atoms with E-state index in [1.165, 1.54) is 0 Å². The average molecular weight is 277 g/mol. The molecule has 20 heavy (non-hydrogen) atoms. The Morgan fingerprint density at radius 1 is 1.55 bits per heavy atom. The highest BCUT2D eigenvalue weighted by molar-refractivity contribution is 5.81. The first kappa shape index (κ1) is 14.6. The Labute approximate surface area is 118 Å². The van der Waals surface area contributed by atoms with E-state index in [2.05, 4.69) is 6.07 Å². The van der Waals surface area contributed by atoms with Crippen molar-refractivity contribution in [2.45, 2.75) is 38.0 Å². The first-order chi connectivity index (χ1) is 9.74. The van der Waals surface area contributed by atoms with E-state index < -0.39 is 6.10 Å². The van der Waals surface area contributed by atoms with Gasteiger partial charge in [0.05, 0.1) is 31.4 Å². The number of carbonyl (C=O) groups excluding carboxylic acids is 1. The molecule has 2 rings (SSSR count). The third kappa shape index (κ3) is 3.59. The van der Waals surface area contributed by atoms with E-state index in [0.29, 0.717) is 38.2 Å². The molecule has 0 aromatic carbocycles. The summed E-state index contributed by atoms with van der Waals surface area (Å²) in [5, 5.41) is 8.71. The van der Waals surface area contributed by atoms with Crippen molar-refractivity contribution in [2.75, 3.05) is 13.1 Å². The molecule has 0 bridgehead atoms. The average Bonchev–Trinajstić information content (AvgIpc) is 3.13. The molecule has 1 amide bonds. The normalized spacial score (nSPS) is 21.6. The van der Waals surface area contributed by atoms with E-state index >= 15 is 0 Å². The van der Waals surface area contributed by atoms with Crippen LogP contribution in [-0.2, 0) is 16.1 Å². The lowest BCUT2D eigenvalue weighted by Crippen LogP contribution is -2.39. The van der Waals surface area contributed by atoms with E-state index in [1.54, 1.807) is 17.2 Å². The fraction of sp³-hybridized carbons (Fsp3) is 0.571. The summed E-state index contributed by atoms with van der Waals surface area (Å²) >= 11 is 0. The van der Waals surface area contributed by atoms with Gasteiger partial charge in [0.2, 0.25) is 0 Å². The van der Waals surface area contributed by atoms with E-state index in [9.17, 15) is 4.79 Å². The summed E-state index contributed by atoms with van der Waals surface area (Å²) in [4.78, 5) is 14.1. The molecule has 1 aromatic heterocycles. The van der Waals surface area contributed by atoms with Gasteiger partial charge in [-0.1, -0.05) is 0 Å². The minimum absolute atomic E-state index is 0.0367. The molecule has 2 N–H and O–H groups in total. The molecule has 0 spiro atoms. The van der Waals surface area contributed by atoms with Crippen molar-refractivity contribution in [1.82, 2.24) is 4.90 Å². The van der Waals surface area contributed by atoms with Crippen molar-refractivity contribution < 1.29 is 13.9 Å². The summed E-state index contributed by atoms with van der Waals surface area (Å²) in [5.41, 5.74) is 5.55. The third-order valence-corrected chi connectivity index (χ3v) is 3.38. The number of ether oxygens (including phenoxy) is 1. The highest BCUT2D eigenvalue weighted by Gasteiger charge is 2.33. The lowest BCUT2D eigenvalue weighted by molar-refractivity contribution is -0.143. The zero-order chi connectivity index (χ0) is 14.4. The molecule has 108 valence electrons. The van der Waals surface area contributed by atoms with Crippen LogP contribution in [0, 0.1) is 11.3 Å². The zero-order valence-electron chi connectivity index (χ0n) is 11.3. The second-order valence-electron chi connectivity index (χ2n) is 4.81. The standard InChI is InChI=1S/C14H19N3O3/c15-6-2-7-17(10-12-3-1-8-19-12)14(18)13-5-4-11(9-16)20-13/h1,3,8,11,13H,2,4-5,7,9-10,16H2. The van der Waals surface area contributed by atoms with Crippen LogP contribution in [0.15, 0.2) is 22.8 Å². The first-order valence-electron chi connectivity index (χ1n) is 6.78. The van der Waals surface area contributed by atoms with Crippen molar-refractivity contribution in [3.63, 3.8) is 0 Å². The number of nitrogens with zero attached hydrogens (tertiary/aromatic N) is 2. The predicted octanol–water partition coefficient (Wildman–Crippen LogP) is 1.03. The summed E-state index contributed by atoms with van der Waals surface area (Å²) < 4.78 is 10.9. The molecule has 1 aromatic rings. The minimum Gasteiger partial charge on any atom is -0.467 e. The molecule has 0 radical (unpaired) electrons. The second-order valence-corrected chi connectivity index (χ2v) is 4.81. The molecule has 1 fully saturated rings. The smallest absolute Gasteiger partial charge is 0.252 e. The number of carbonyl (C=O) groups is 1. The Balaban J connectivity index is 1.98. The molecule has 2 heterocycles. The highest BCUT2D eigenvalue weighted by atomic mass is 16.5. The topological polar surface area (TPSA) is 92.5 Å². The monoisotopic (exact) mass is 277 g/mol. The minimum atomic E-state index is -0.447. The summed E-state index contributed by atoms with van der Waals surface area (Å²) in [6.45, 7) is 1.17. The highest BCUT2D eigenvalue weighted by Crippen LogP contribution is 2.21. The fourth-order valence-corrected chi connectivity index (χ4v) is 2.31. The summed E-state index contributed by atoms with van der Waals surface area (Å²) in [6.07, 6.45) is 2.86. The van der Waals surface area contributed by atoms with Gasteiger partial charge in [0.25, 0.3) is 5.91 Å². The Kier molecular flexibility index (Phi) is 5.16. The molecule has 1 aliphatic rings. The number of hydrogen-bond acceptors (Lipinski definition) is 5. The number of hydrogen-bond donors (Lipinski definition) is 1. The van der Waals surface area contributed by atoms with Gasteiger partial charge >= 0.3 is 0 Å². The maximum atomic E-state index is 12.4. The Morgan fingerprint density at radius 3 is 3.00 bits per heavy atom. The van der Waals surface area contributed by atoms with Crippen molar-refractivity contribution in [2.24, 2.45) is 5.73 Å². The zero-order valence-corrected chi connectivity index (χ0v) is 11.3. The van der Waals surface area contributed by atoms with Crippen LogP contribution < -0.4 is 5.73 Å². The third-order valence-electron chi connectivity index (χ3n) is 3.38. The van der Waals surface area contributed by atoms with E-state index in [4.69, 9.17) is 20.1 Å². The maximum Gasteiger partial charge on any atom is 0.252 e. The van der Waals surface area contributed by atoms with Gasteiger partial charge in [-0.2, -0.15) is 5.26 Å². The predicted molar refractivity (Wildman–Crippen MR) is 71.3 cm³/mol. The van der Waals surface area contributed by atoms with Crippen molar-refractivity contribution in [1.29, 1.82) is 5.26 Å². The molecule has 0 saturated carbocycles. The van der Waals surface area contributed by atoms with Crippen molar-refractivity contribution in [3.05, 3.63) is 24.2 Å². The molecule has 2 unspecified atom stereocenters. The second kappa shape index (κ2) is 7.08. The lowest BCUT2D eigenvalue weighted by Gasteiger charge is -2.24. The first-order valence-corrected chi connectivity index (χ1v) is 6.78. The molecule has 6 heteroatoms. The molecular weight excluding hydrogens is 258 g/mol. The van der Waals surface area contributed by atoms with Crippen LogP contribution in [0.2, 0.25) is 0 Å². The number of rotatable bonds is 6. The molecule has 0 aliphatic carbocycles. The molecular formula is C14H19N3O3. The van der Waals surface area contributed by atoms with Gasteiger partial charge in [0.1, 0.15) is 11.9 Å². The fourth-order valence-electron chi connectivity index (χ4n) is 2.31. The van der Waals surface area contributed by atoms with Gasteiger partial charge in [0.15, 0.2) is 0 Å². The largest absolute Gasteiger partial charge is 0.467 e. The number of nitriles is 1. The van der Waals surface area contributed by atoms with E-state index in [-0.39, 0.29) is 12.0 Å². The van der Waals surface area contributed by atoms with Crippen LogP contribution in [0.3, 0.4) is 0 Å². The molecule has 1 saturated heterocycles. The number of amides is 1. The van der Waals surface area contributed by atoms with Crippen molar-refractivity contribution in [3.8, 4) is 6.07 Å². The van der Waals surface area contributed by atoms with Crippen LogP contribution in [0.5, 0.6) is 0 Å². The Morgan fingerprint density at radius 2 is 2.40 bits per heavy atom. The number of nitrogens with two attached hydrogens (primary N) is 1. The van der Waals surface area contributed by atoms with E-state index in [0.717, 1.165) is 6.42 Å². The summed E-state index contributed by atoms with van der Waals surface area (Å²) in [6, 6.07) is 5.64. The molecule has 2 atom stereocenters. The summed E-state index contributed by atoms with van der Waals surface area (Å²) in [7, 11) is 0. The van der Waals surface area contributed by atoms with Gasteiger partial charge < -0.3 is 19.8 Å². The van der Waals surface area contributed by atoms with Crippen LogP contribution in [0.25, 0.3) is 0 Å². The SMILES string of the molecule is N#CCCN(Cc1ccco1)C(=O)C1CCC(CN)O1. The van der Waals surface area contributed by atoms with Gasteiger partial charge in [-0.05, 0) is 25.0 Å². The van der Waals surface area contributed by atoms with Crippen LogP contribution in [-0.4, -0.2) is 36.1 Å². The van der Waals surface area contributed by atoms with E-state index in [1.807, 2.05) is 6.07 Å². The van der Waals surface area contributed by atoms with Crippen LogP contribution in [0.1, 0.15) is 25.0 Å². The molecule has 6 nitrogen and oxygen atoms in total. The Bertz CT molecular complexity index is 467. The van der Waals surface area contributed by atoms with Crippen molar-refractivity contribution >= 4 is 5.91 Å². The van der Waals surface area contributed by atoms with Crippen LogP contribution >= 0.6 is 0 Å². The maximum absolute atomic E-state index is 12.4. The van der Waals surface area contributed by atoms with Gasteiger partial charge in [-0.15, -0.1) is 0 Å². The number of furan rings is 1. The van der Waals surface area contributed by atoms with Gasteiger partial charge in [-0.25, -0.2) is 0 Å². The van der Waals surface area contributed by atoms with Crippen LogP contribution in [0.4, 0.5) is 0 Å². The summed E-state index contributed by atoms with van der Waals surface area (Å²) in [5.74, 6) is 0.609.